The summed E-state index contributed by atoms with van der Waals surface area (Å²) < 4.78 is 11.5. The molecule has 1 aromatic heterocycles. The first-order valence-corrected chi connectivity index (χ1v) is 9.30. The molecule has 1 N–H and O–H groups in total. The average molecular weight is 368 g/mol. The molecule has 1 spiro atoms. The number of amides is 1. The third-order valence-electron chi connectivity index (χ3n) is 5.35. The maximum atomic E-state index is 12.7. The lowest BCUT2D eigenvalue weighted by Gasteiger charge is -2.37. The van der Waals surface area contributed by atoms with Gasteiger partial charge in [-0.15, -0.1) is 0 Å². The summed E-state index contributed by atoms with van der Waals surface area (Å²) in [4.78, 5) is 23.6. The minimum absolute atomic E-state index is 0.233. The van der Waals surface area contributed by atoms with Gasteiger partial charge in [-0.2, -0.15) is 0 Å². The fraction of sp³-hybridized carbons (Fsp3) is 0.450. The summed E-state index contributed by atoms with van der Waals surface area (Å²) in [6.45, 7) is 6.81. The second kappa shape index (κ2) is 7.25. The maximum Gasteiger partial charge on any atom is 0.274 e. The van der Waals surface area contributed by atoms with E-state index >= 15 is 0 Å². The number of carbonyl (C=O) groups excluding carboxylic acids is 1. The van der Waals surface area contributed by atoms with Gasteiger partial charge in [-0.25, -0.2) is 9.97 Å². The lowest BCUT2D eigenvalue weighted by atomic mass is 10.0. The van der Waals surface area contributed by atoms with Crippen molar-refractivity contribution < 1.29 is 14.3 Å². The van der Waals surface area contributed by atoms with Crippen molar-refractivity contribution in [3.8, 4) is 0 Å². The van der Waals surface area contributed by atoms with Crippen LogP contribution in [-0.4, -0.2) is 48.0 Å². The Balaban J connectivity index is 1.46. The maximum absolute atomic E-state index is 12.7. The highest BCUT2D eigenvalue weighted by Gasteiger charge is 2.40. The number of piperidine rings is 1. The van der Waals surface area contributed by atoms with Crippen LogP contribution in [0.3, 0.4) is 0 Å². The first-order chi connectivity index (χ1) is 13.1. The highest BCUT2D eigenvalue weighted by atomic mass is 16.7. The van der Waals surface area contributed by atoms with E-state index in [1.807, 2.05) is 32.0 Å². The third kappa shape index (κ3) is 3.65. The molecule has 0 unspecified atom stereocenters. The first-order valence-electron chi connectivity index (χ1n) is 9.30. The van der Waals surface area contributed by atoms with Crippen molar-refractivity contribution in [3.05, 3.63) is 47.3 Å². The van der Waals surface area contributed by atoms with E-state index in [0.29, 0.717) is 24.9 Å². The molecule has 1 aromatic carbocycles. The molecule has 142 valence electrons. The number of anilines is 2. The Labute approximate surface area is 158 Å². The number of aromatic nitrogens is 2. The lowest BCUT2D eigenvalue weighted by Crippen LogP contribution is -2.45. The summed E-state index contributed by atoms with van der Waals surface area (Å²) in [5, 5.41) is 2.95. The Hall–Kier alpha value is -2.51. The summed E-state index contributed by atoms with van der Waals surface area (Å²) >= 11 is 0. The summed E-state index contributed by atoms with van der Waals surface area (Å²) in [6.07, 6.45) is 3.18. The van der Waals surface area contributed by atoms with Gasteiger partial charge >= 0.3 is 0 Å². The number of ether oxygens (including phenoxy) is 2. The van der Waals surface area contributed by atoms with Crippen LogP contribution in [0.2, 0.25) is 0 Å². The molecule has 4 rings (SSSR count). The number of carbonyl (C=O) groups is 1. The molecule has 0 aliphatic carbocycles. The lowest BCUT2D eigenvalue weighted by molar-refractivity contribution is -0.169. The van der Waals surface area contributed by atoms with Gasteiger partial charge in [0, 0.05) is 37.8 Å². The molecule has 2 saturated heterocycles. The van der Waals surface area contributed by atoms with Crippen molar-refractivity contribution >= 4 is 17.5 Å². The molecule has 3 heterocycles. The van der Waals surface area contributed by atoms with E-state index in [1.165, 1.54) is 0 Å². The van der Waals surface area contributed by atoms with E-state index < -0.39 is 5.79 Å². The van der Waals surface area contributed by atoms with Crippen LogP contribution < -0.4 is 10.2 Å². The van der Waals surface area contributed by atoms with E-state index in [9.17, 15) is 4.79 Å². The van der Waals surface area contributed by atoms with Crippen molar-refractivity contribution in [2.45, 2.75) is 32.5 Å². The molecular weight excluding hydrogens is 344 g/mol. The highest BCUT2D eigenvalue weighted by Crippen LogP contribution is 2.32. The molecule has 0 radical (unpaired) electrons. The van der Waals surface area contributed by atoms with Gasteiger partial charge in [0.05, 0.1) is 13.2 Å². The predicted molar refractivity (Wildman–Crippen MR) is 102 cm³/mol. The topological polar surface area (TPSA) is 76.6 Å². The van der Waals surface area contributed by atoms with E-state index in [2.05, 4.69) is 20.2 Å². The van der Waals surface area contributed by atoms with E-state index in [1.54, 1.807) is 12.3 Å². The van der Waals surface area contributed by atoms with Crippen LogP contribution in [0.4, 0.5) is 11.6 Å². The van der Waals surface area contributed by atoms with Crippen molar-refractivity contribution in [3.63, 3.8) is 0 Å². The SMILES string of the molecule is Cc1cccc(NC(=O)c2ccnc(N3CCC4(CC3)OCCO4)n2)c1C. The van der Waals surface area contributed by atoms with E-state index in [4.69, 9.17) is 9.47 Å². The quantitative estimate of drug-likeness (QED) is 0.898. The molecule has 2 aliphatic rings. The minimum atomic E-state index is -0.436. The number of hydrogen-bond donors (Lipinski definition) is 1. The van der Waals surface area contributed by atoms with Crippen LogP contribution >= 0.6 is 0 Å². The van der Waals surface area contributed by atoms with Crippen LogP contribution in [0.1, 0.15) is 34.5 Å². The van der Waals surface area contributed by atoms with Crippen molar-refractivity contribution in [2.75, 3.05) is 36.5 Å². The fourth-order valence-corrected chi connectivity index (χ4v) is 3.53. The summed E-state index contributed by atoms with van der Waals surface area (Å²) in [5.41, 5.74) is 3.35. The zero-order valence-corrected chi connectivity index (χ0v) is 15.7. The number of rotatable bonds is 3. The zero-order chi connectivity index (χ0) is 18.9. The standard InChI is InChI=1S/C20H24N4O3/c1-14-4-3-5-16(15(14)2)22-18(25)17-6-9-21-19(23-17)24-10-7-20(8-11-24)26-12-13-27-20/h3-6,9H,7-8,10-13H2,1-2H3,(H,22,25). The molecule has 7 heteroatoms. The number of hydrogen-bond acceptors (Lipinski definition) is 6. The Kier molecular flexibility index (Phi) is 4.80. The third-order valence-corrected chi connectivity index (χ3v) is 5.35. The smallest absolute Gasteiger partial charge is 0.274 e. The molecule has 27 heavy (non-hydrogen) atoms. The summed E-state index contributed by atoms with van der Waals surface area (Å²) in [7, 11) is 0. The minimum Gasteiger partial charge on any atom is -0.347 e. The Bertz CT molecular complexity index is 839. The second-order valence-corrected chi connectivity index (χ2v) is 7.04. The molecule has 7 nitrogen and oxygen atoms in total. The predicted octanol–water partition coefficient (Wildman–Crippen LogP) is 2.69. The second-order valence-electron chi connectivity index (χ2n) is 7.04. The van der Waals surface area contributed by atoms with Gasteiger partial charge in [-0.3, -0.25) is 4.79 Å². The Morgan fingerprint density at radius 1 is 1.15 bits per heavy atom. The Morgan fingerprint density at radius 2 is 1.89 bits per heavy atom. The number of aryl methyl sites for hydroxylation is 1. The van der Waals surface area contributed by atoms with Gasteiger partial charge < -0.3 is 19.7 Å². The largest absolute Gasteiger partial charge is 0.347 e. The van der Waals surface area contributed by atoms with Crippen molar-refractivity contribution in [1.29, 1.82) is 0 Å². The summed E-state index contributed by atoms with van der Waals surface area (Å²) in [5.74, 6) is -0.103. The molecule has 0 atom stereocenters. The molecule has 1 amide bonds. The molecule has 2 aromatic rings. The van der Waals surface area contributed by atoms with Gasteiger partial charge in [-0.05, 0) is 37.1 Å². The van der Waals surface area contributed by atoms with Crippen molar-refractivity contribution in [2.24, 2.45) is 0 Å². The van der Waals surface area contributed by atoms with Crippen LogP contribution in [0.25, 0.3) is 0 Å². The highest BCUT2D eigenvalue weighted by molar-refractivity contribution is 6.03. The number of benzene rings is 1. The van der Waals surface area contributed by atoms with Crippen LogP contribution in [-0.2, 0) is 9.47 Å². The molecule has 2 aliphatic heterocycles. The fourth-order valence-electron chi connectivity index (χ4n) is 3.53. The number of nitrogens with one attached hydrogen (secondary N) is 1. The average Bonchev–Trinajstić information content (AvgIpc) is 3.14. The van der Waals surface area contributed by atoms with Crippen LogP contribution in [0, 0.1) is 13.8 Å². The van der Waals surface area contributed by atoms with Crippen LogP contribution in [0.5, 0.6) is 0 Å². The van der Waals surface area contributed by atoms with E-state index in [0.717, 1.165) is 42.7 Å². The monoisotopic (exact) mass is 368 g/mol. The normalized spacial score (nSPS) is 18.7. The van der Waals surface area contributed by atoms with Gasteiger partial charge in [0.25, 0.3) is 5.91 Å². The van der Waals surface area contributed by atoms with Crippen molar-refractivity contribution in [1.82, 2.24) is 9.97 Å². The van der Waals surface area contributed by atoms with Crippen LogP contribution in [0.15, 0.2) is 30.5 Å². The van der Waals surface area contributed by atoms with Gasteiger partial charge in [-0.1, -0.05) is 12.1 Å². The van der Waals surface area contributed by atoms with Gasteiger partial charge in [0.15, 0.2) is 5.79 Å². The van der Waals surface area contributed by atoms with Gasteiger partial charge in [0.1, 0.15) is 5.69 Å². The Morgan fingerprint density at radius 3 is 2.63 bits per heavy atom. The summed E-state index contributed by atoms with van der Waals surface area (Å²) in [6, 6.07) is 7.49. The first kappa shape index (κ1) is 17.9. The molecular formula is C20H24N4O3. The molecule has 2 fully saturated rings. The van der Waals surface area contributed by atoms with E-state index in [-0.39, 0.29) is 5.91 Å². The number of nitrogens with zero attached hydrogens (tertiary/aromatic N) is 3. The van der Waals surface area contributed by atoms with Gasteiger partial charge in [0.2, 0.25) is 5.95 Å². The molecule has 0 saturated carbocycles. The zero-order valence-electron chi connectivity index (χ0n) is 15.7. The molecule has 0 bridgehead atoms.